The fraction of sp³-hybridized carbons (Fsp3) is 0.261. The maximum Gasteiger partial charge on any atom is 0.222 e. The van der Waals surface area contributed by atoms with Gasteiger partial charge in [-0.1, -0.05) is 42.5 Å². The molecule has 2 unspecified atom stereocenters. The Morgan fingerprint density at radius 1 is 1.07 bits per heavy atom. The second kappa shape index (κ2) is 9.73. The van der Waals surface area contributed by atoms with Crippen molar-refractivity contribution in [1.82, 2.24) is 20.6 Å². The smallest absolute Gasteiger partial charge is 0.222 e. The van der Waals surface area contributed by atoms with Crippen molar-refractivity contribution < 1.29 is 14.3 Å². The standard InChI is InChI=1S/C23H26N4O3/c1-15(23-24-14-21(27-23)17-7-5-4-6-8-17)25-22(29)13-20(26-16(2)28)18-9-11-19(30-3)12-10-18/h4-12,14-15,20H,13H2,1-3H3,(H,24,27)(H,25,29)(H,26,28). The van der Waals surface area contributed by atoms with Gasteiger partial charge in [0.05, 0.1) is 37.5 Å². The molecule has 2 atom stereocenters. The third-order valence-electron chi connectivity index (χ3n) is 4.75. The van der Waals surface area contributed by atoms with E-state index in [1.165, 1.54) is 6.92 Å². The molecule has 0 radical (unpaired) electrons. The summed E-state index contributed by atoms with van der Waals surface area (Å²) < 4.78 is 5.17. The van der Waals surface area contributed by atoms with Gasteiger partial charge in [-0.05, 0) is 30.2 Å². The van der Waals surface area contributed by atoms with Crippen LogP contribution in [-0.2, 0) is 9.59 Å². The molecule has 7 nitrogen and oxygen atoms in total. The van der Waals surface area contributed by atoms with Gasteiger partial charge in [-0.25, -0.2) is 4.98 Å². The maximum absolute atomic E-state index is 12.7. The molecule has 3 N–H and O–H groups in total. The summed E-state index contributed by atoms with van der Waals surface area (Å²) in [6.45, 7) is 3.30. The number of aromatic amines is 1. The third kappa shape index (κ3) is 5.47. The highest BCUT2D eigenvalue weighted by Crippen LogP contribution is 2.22. The Morgan fingerprint density at radius 2 is 1.77 bits per heavy atom. The van der Waals surface area contributed by atoms with E-state index >= 15 is 0 Å². The first-order valence-electron chi connectivity index (χ1n) is 9.77. The Hall–Kier alpha value is -3.61. The van der Waals surface area contributed by atoms with Crippen LogP contribution in [0.4, 0.5) is 0 Å². The maximum atomic E-state index is 12.7. The van der Waals surface area contributed by atoms with Crippen molar-refractivity contribution in [3.8, 4) is 17.0 Å². The molecule has 1 heterocycles. The van der Waals surface area contributed by atoms with Crippen LogP contribution in [0, 0.1) is 0 Å². The van der Waals surface area contributed by atoms with E-state index < -0.39 is 6.04 Å². The molecule has 0 fully saturated rings. The number of H-pyrrole nitrogens is 1. The average molecular weight is 406 g/mol. The molecule has 7 heteroatoms. The molecular weight excluding hydrogens is 380 g/mol. The molecule has 0 aliphatic carbocycles. The summed E-state index contributed by atoms with van der Waals surface area (Å²) in [6.07, 6.45) is 1.87. The molecular formula is C23H26N4O3. The van der Waals surface area contributed by atoms with Gasteiger partial charge in [-0.15, -0.1) is 0 Å². The van der Waals surface area contributed by atoms with Gasteiger partial charge >= 0.3 is 0 Å². The first kappa shape index (κ1) is 21.1. The zero-order valence-electron chi connectivity index (χ0n) is 17.3. The molecule has 0 aliphatic heterocycles. The van der Waals surface area contributed by atoms with Crippen LogP contribution < -0.4 is 15.4 Å². The predicted molar refractivity (Wildman–Crippen MR) is 115 cm³/mol. The average Bonchev–Trinajstić information content (AvgIpc) is 3.24. The van der Waals surface area contributed by atoms with Gasteiger partial charge in [0.2, 0.25) is 11.8 Å². The summed E-state index contributed by atoms with van der Waals surface area (Å²) in [7, 11) is 1.59. The van der Waals surface area contributed by atoms with Gasteiger partial charge in [-0.3, -0.25) is 9.59 Å². The Balaban J connectivity index is 1.65. The van der Waals surface area contributed by atoms with E-state index in [4.69, 9.17) is 4.74 Å². The number of methoxy groups -OCH3 is 1. The van der Waals surface area contributed by atoms with E-state index in [0.717, 1.165) is 16.8 Å². The van der Waals surface area contributed by atoms with Gasteiger partial charge in [0.25, 0.3) is 0 Å². The minimum Gasteiger partial charge on any atom is -0.497 e. The van der Waals surface area contributed by atoms with E-state index in [1.807, 2.05) is 49.4 Å². The minimum atomic E-state index is -0.433. The zero-order chi connectivity index (χ0) is 21.5. The van der Waals surface area contributed by atoms with Gasteiger partial charge in [-0.2, -0.15) is 0 Å². The number of nitrogens with zero attached hydrogens (tertiary/aromatic N) is 1. The van der Waals surface area contributed by atoms with Crippen molar-refractivity contribution >= 4 is 11.8 Å². The molecule has 3 aromatic rings. The summed E-state index contributed by atoms with van der Waals surface area (Å²) in [5.41, 5.74) is 2.75. The highest BCUT2D eigenvalue weighted by Gasteiger charge is 2.20. The van der Waals surface area contributed by atoms with Crippen LogP contribution in [0.5, 0.6) is 5.75 Å². The lowest BCUT2D eigenvalue weighted by atomic mass is 10.0. The number of hydrogen-bond acceptors (Lipinski definition) is 4. The molecule has 3 rings (SSSR count). The van der Waals surface area contributed by atoms with Gasteiger partial charge in [0, 0.05) is 6.92 Å². The summed E-state index contributed by atoms with van der Waals surface area (Å²) in [5, 5.41) is 5.79. The number of nitrogens with one attached hydrogen (secondary N) is 3. The summed E-state index contributed by atoms with van der Waals surface area (Å²) in [5.74, 6) is 0.998. The van der Waals surface area contributed by atoms with Crippen LogP contribution in [0.25, 0.3) is 11.3 Å². The molecule has 30 heavy (non-hydrogen) atoms. The van der Waals surface area contributed by atoms with Crippen LogP contribution in [0.15, 0.2) is 60.8 Å². The number of imidazole rings is 1. The number of carbonyl (C=O) groups is 2. The van der Waals surface area contributed by atoms with Crippen molar-refractivity contribution in [2.24, 2.45) is 0 Å². The number of ether oxygens (including phenoxy) is 1. The first-order chi connectivity index (χ1) is 14.5. The van der Waals surface area contributed by atoms with Crippen LogP contribution in [0.2, 0.25) is 0 Å². The summed E-state index contributed by atoms with van der Waals surface area (Å²) in [4.78, 5) is 31.9. The van der Waals surface area contributed by atoms with Gasteiger partial charge in [0.15, 0.2) is 0 Å². The summed E-state index contributed by atoms with van der Waals surface area (Å²) in [6, 6.07) is 16.4. The molecule has 0 aliphatic rings. The Bertz CT molecular complexity index is 983. The largest absolute Gasteiger partial charge is 0.497 e. The topological polar surface area (TPSA) is 96.1 Å². The molecule has 0 spiro atoms. The fourth-order valence-corrected chi connectivity index (χ4v) is 3.21. The quantitative estimate of drug-likeness (QED) is 0.533. The lowest BCUT2D eigenvalue weighted by molar-refractivity contribution is -0.123. The molecule has 2 amide bonds. The van der Waals surface area contributed by atoms with Crippen molar-refractivity contribution in [2.45, 2.75) is 32.4 Å². The van der Waals surface area contributed by atoms with Crippen molar-refractivity contribution in [3.05, 3.63) is 72.2 Å². The monoisotopic (exact) mass is 406 g/mol. The molecule has 1 aromatic heterocycles. The van der Waals surface area contributed by atoms with Crippen LogP contribution in [-0.4, -0.2) is 28.9 Å². The number of hydrogen-bond donors (Lipinski definition) is 3. The van der Waals surface area contributed by atoms with E-state index in [-0.39, 0.29) is 24.3 Å². The second-order valence-electron chi connectivity index (χ2n) is 7.07. The Morgan fingerprint density at radius 3 is 2.40 bits per heavy atom. The van der Waals surface area contributed by atoms with E-state index in [1.54, 1.807) is 25.4 Å². The highest BCUT2D eigenvalue weighted by atomic mass is 16.5. The van der Waals surface area contributed by atoms with E-state index in [2.05, 4.69) is 20.6 Å². The lowest BCUT2D eigenvalue weighted by Crippen LogP contribution is -2.34. The lowest BCUT2D eigenvalue weighted by Gasteiger charge is -2.20. The zero-order valence-corrected chi connectivity index (χ0v) is 17.3. The van der Waals surface area contributed by atoms with Crippen molar-refractivity contribution in [2.75, 3.05) is 7.11 Å². The first-order valence-corrected chi connectivity index (χ1v) is 9.77. The molecule has 0 bridgehead atoms. The SMILES string of the molecule is COc1ccc(C(CC(=O)NC(C)c2ncc(-c3ccccc3)[nH]2)NC(C)=O)cc1. The molecule has 156 valence electrons. The van der Waals surface area contributed by atoms with Gasteiger partial charge < -0.3 is 20.4 Å². The molecule has 2 aromatic carbocycles. The predicted octanol–water partition coefficient (Wildman–Crippen LogP) is 3.53. The molecule has 0 saturated carbocycles. The van der Waals surface area contributed by atoms with Crippen LogP contribution in [0.1, 0.15) is 43.7 Å². The highest BCUT2D eigenvalue weighted by molar-refractivity contribution is 5.79. The van der Waals surface area contributed by atoms with E-state index in [9.17, 15) is 9.59 Å². The van der Waals surface area contributed by atoms with Crippen LogP contribution >= 0.6 is 0 Å². The molecule has 0 saturated heterocycles. The second-order valence-corrected chi connectivity index (χ2v) is 7.07. The van der Waals surface area contributed by atoms with Crippen molar-refractivity contribution in [1.29, 1.82) is 0 Å². The van der Waals surface area contributed by atoms with Crippen LogP contribution in [0.3, 0.4) is 0 Å². The fourth-order valence-electron chi connectivity index (χ4n) is 3.21. The van der Waals surface area contributed by atoms with Crippen molar-refractivity contribution in [3.63, 3.8) is 0 Å². The number of rotatable bonds is 8. The summed E-state index contributed by atoms with van der Waals surface area (Å²) >= 11 is 0. The number of aromatic nitrogens is 2. The number of benzene rings is 2. The normalized spacial score (nSPS) is 12.6. The van der Waals surface area contributed by atoms with Gasteiger partial charge in [0.1, 0.15) is 11.6 Å². The number of carbonyl (C=O) groups excluding carboxylic acids is 2. The Kier molecular flexibility index (Phi) is 6.85. The third-order valence-corrected chi connectivity index (χ3v) is 4.75. The number of amides is 2. The Labute approximate surface area is 175 Å². The minimum absolute atomic E-state index is 0.114. The van der Waals surface area contributed by atoms with E-state index in [0.29, 0.717) is 11.6 Å².